The fourth-order valence-corrected chi connectivity index (χ4v) is 2.22. The first-order chi connectivity index (χ1) is 6.55. The van der Waals surface area contributed by atoms with E-state index in [4.69, 9.17) is 10.8 Å². The molecule has 0 aliphatic heterocycles. The van der Waals surface area contributed by atoms with Crippen LogP contribution in [0.1, 0.15) is 17.9 Å². The summed E-state index contributed by atoms with van der Waals surface area (Å²) >= 11 is 3.39. The molecule has 0 bridgehead atoms. The SMILES string of the molecule is N[C@@]1(C(=O)O)C[C@@H]1c1ccccc1Br. The standard InChI is InChI=1S/C10H10BrNO2/c11-8-4-2-1-3-6(8)7-5-10(7,12)9(13)14/h1-4,7H,5,12H2,(H,13,14)/t7-,10+/m1/s1. The van der Waals surface area contributed by atoms with Gasteiger partial charge in [-0.15, -0.1) is 0 Å². The maximum Gasteiger partial charge on any atom is 0.324 e. The molecule has 3 nitrogen and oxygen atoms in total. The zero-order valence-electron chi connectivity index (χ0n) is 7.40. The Labute approximate surface area is 90.0 Å². The number of halogens is 1. The van der Waals surface area contributed by atoms with E-state index in [9.17, 15) is 4.79 Å². The summed E-state index contributed by atoms with van der Waals surface area (Å²) in [7, 11) is 0. The zero-order valence-corrected chi connectivity index (χ0v) is 8.99. The fourth-order valence-electron chi connectivity index (χ4n) is 1.66. The summed E-state index contributed by atoms with van der Waals surface area (Å²) in [4.78, 5) is 10.8. The third kappa shape index (κ3) is 1.35. The van der Waals surface area contributed by atoms with E-state index in [1.54, 1.807) is 0 Å². The van der Waals surface area contributed by atoms with Crippen molar-refractivity contribution in [3.05, 3.63) is 34.3 Å². The van der Waals surface area contributed by atoms with Gasteiger partial charge in [0.25, 0.3) is 0 Å². The molecule has 1 saturated carbocycles. The molecule has 0 spiro atoms. The summed E-state index contributed by atoms with van der Waals surface area (Å²) in [6.45, 7) is 0. The number of hydrogen-bond donors (Lipinski definition) is 2. The lowest BCUT2D eigenvalue weighted by Crippen LogP contribution is -2.34. The van der Waals surface area contributed by atoms with Gasteiger partial charge < -0.3 is 10.8 Å². The van der Waals surface area contributed by atoms with Crippen molar-refractivity contribution in [2.24, 2.45) is 5.73 Å². The lowest BCUT2D eigenvalue weighted by atomic mass is 10.1. The van der Waals surface area contributed by atoms with Crippen LogP contribution in [-0.4, -0.2) is 16.6 Å². The average molecular weight is 256 g/mol. The molecular weight excluding hydrogens is 246 g/mol. The van der Waals surface area contributed by atoms with Gasteiger partial charge in [-0.25, -0.2) is 0 Å². The van der Waals surface area contributed by atoms with Crippen molar-refractivity contribution in [2.45, 2.75) is 17.9 Å². The molecule has 2 atom stereocenters. The molecule has 4 heteroatoms. The summed E-state index contributed by atoms with van der Waals surface area (Å²) in [5.41, 5.74) is 5.65. The van der Waals surface area contributed by atoms with E-state index in [0.29, 0.717) is 6.42 Å². The van der Waals surface area contributed by atoms with Crippen molar-refractivity contribution in [1.29, 1.82) is 0 Å². The van der Waals surface area contributed by atoms with Gasteiger partial charge in [-0.2, -0.15) is 0 Å². The first kappa shape index (κ1) is 9.68. The maximum absolute atomic E-state index is 10.8. The average Bonchev–Trinajstić information content (AvgIpc) is 2.80. The third-order valence-electron chi connectivity index (χ3n) is 2.68. The van der Waals surface area contributed by atoms with Gasteiger partial charge in [0.1, 0.15) is 5.54 Å². The van der Waals surface area contributed by atoms with Crippen LogP contribution >= 0.6 is 15.9 Å². The predicted octanol–water partition coefficient (Wildman–Crippen LogP) is 1.72. The number of rotatable bonds is 2. The normalized spacial score (nSPS) is 30.0. The van der Waals surface area contributed by atoms with E-state index < -0.39 is 11.5 Å². The molecule has 1 aliphatic rings. The largest absolute Gasteiger partial charge is 0.480 e. The molecule has 0 radical (unpaired) electrons. The van der Waals surface area contributed by atoms with Gasteiger partial charge >= 0.3 is 5.97 Å². The van der Waals surface area contributed by atoms with E-state index >= 15 is 0 Å². The van der Waals surface area contributed by atoms with Crippen molar-refractivity contribution in [3.63, 3.8) is 0 Å². The quantitative estimate of drug-likeness (QED) is 0.846. The second-order valence-corrected chi connectivity index (χ2v) is 4.48. The van der Waals surface area contributed by atoms with Crippen molar-refractivity contribution in [1.82, 2.24) is 0 Å². The van der Waals surface area contributed by atoms with Crippen LogP contribution in [0.4, 0.5) is 0 Å². The van der Waals surface area contributed by atoms with Gasteiger partial charge in [-0.1, -0.05) is 34.1 Å². The number of benzene rings is 1. The van der Waals surface area contributed by atoms with Crippen molar-refractivity contribution >= 4 is 21.9 Å². The van der Waals surface area contributed by atoms with Crippen LogP contribution in [0.5, 0.6) is 0 Å². The Hall–Kier alpha value is -0.870. The van der Waals surface area contributed by atoms with E-state index in [1.165, 1.54) is 0 Å². The minimum absolute atomic E-state index is 0.0597. The second kappa shape index (κ2) is 3.07. The number of carboxylic acid groups (broad SMARTS) is 1. The molecule has 0 saturated heterocycles. The molecule has 14 heavy (non-hydrogen) atoms. The first-order valence-electron chi connectivity index (χ1n) is 4.32. The van der Waals surface area contributed by atoms with E-state index in [1.807, 2.05) is 24.3 Å². The van der Waals surface area contributed by atoms with Gasteiger partial charge in [0, 0.05) is 10.4 Å². The van der Waals surface area contributed by atoms with Gasteiger partial charge in [-0.3, -0.25) is 4.79 Å². The number of hydrogen-bond acceptors (Lipinski definition) is 2. The van der Waals surface area contributed by atoms with Crippen molar-refractivity contribution in [3.8, 4) is 0 Å². The second-order valence-electron chi connectivity index (χ2n) is 3.62. The predicted molar refractivity (Wildman–Crippen MR) is 56.1 cm³/mol. The van der Waals surface area contributed by atoms with Crippen LogP contribution in [-0.2, 0) is 4.79 Å². The highest BCUT2D eigenvalue weighted by molar-refractivity contribution is 9.10. The number of aliphatic carboxylic acids is 1. The monoisotopic (exact) mass is 255 g/mol. The number of carbonyl (C=O) groups is 1. The molecule has 1 aliphatic carbocycles. The molecule has 0 unspecified atom stereocenters. The summed E-state index contributed by atoms with van der Waals surface area (Å²) in [6, 6.07) is 7.60. The Morgan fingerprint density at radius 2 is 2.21 bits per heavy atom. The van der Waals surface area contributed by atoms with Gasteiger partial charge in [0.15, 0.2) is 0 Å². The fraction of sp³-hybridized carbons (Fsp3) is 0.300. The van der Waals surface area contributed by atoms with Crippen LogP contribution in [0, 0.1) is 0 Å². The van der Waals surface area contributed by atoms with Gasteiger partial charge in [-0.05, 0) is 18.1 Å². The highest BCUT2D eigenvalue weighted by Gasteiger charge is 2.58. The summed E-state index contributed by atoms with van der Waals surface area (Å²) in [5.74, 6) is -0.978. The Bertz CT molecular complexity index is 393. The van der Waals surface area contributed by atoms with Crippen LogP contribution < -0.4 is 5.73 Å². The smallest absolute Gasteiger partial charge is 0.324 e. The molecule has 1 aromatic carbocycles. The lowest BCUT2D eigenvalue weighted by molar-refractivity contribution is -0.139. The molecule has 0 heterocycles. The van der Waals surface area contributed by atoms with E-state index in [-0.39, 0.29) is 5.92 Å². The highest BCUT2D eigenvalue weighted by Crippen LogP contribution is 2.51. The topological polar surface area (TPSA) is 63.3 Å². The van der Waals surface area contributed by atoms with E-state index in [0.717, 1.165) is 10.0 Å². The summed E-state index contributed by atoms with van der Waals surface area (Å²) < 4.78 is 0.929. The van der Waals surface area contributed by atoms with Gasteiger partial charge in [0.2, 0.25) is 0 Å². The summed E-state index contributed by atoms with van der Waals surface area (Å²) in [5, 5.41) is 8.89. The van der Waals surface area contributed by atoms with Gasteiger partial charge in [0.05, 0.1) is 0 Å². The van der Waals surface area contributed by atoms with Crippen molar-refractivity contribution < 1.29 is 9.90 Å². The maximum atomic E-state index is 10.8. The Morgan fingerprint density at radius 1 is 1.57 bits per heavy atom. The lowest BCUT2D eigenvalue weighted by Gasteiger charge is -2.06. The molecular formula is C10H10BrNO2. The summed E-state index contributed by atoms with van der Waals surface area (Å²) in [6.07, 6.45) is 0.519. The van der Waals surface area contributed by atoms with Crippen LogP contribution in [0.3, 0.4) is 0 Å². The van der Waals surface area contributed by atoms with Crippen LogP contribution in [0.25, 0.3) is 0 Å². The zero-order chi connectivity index (χ0) is 10.3. The Kier molecular flexibility index (Phi) is 2.12. The highest BCUT2D eigenvalue weighted by atomic mass is 79.9. The van der Waals surface area contributed by atoms with E-state index in [2.05, 4.69) is 15.9 Å². The minimum Gasteiger partial charge on any atom is -0.480 e. The molecule has 1 fully saturated rings. The third-order valence-corrected chi connectivity index (χ3v) is 3.40. The Balaban J connectivity index is 2.29. The molecule has 0 amide bonds. The van der Waals surface area contributed by atoms with Crippen molar-refractivity contribution in [2.75, 3.05) is 0 Å². The molecule has 74 valence electrons. The first-order valence-corrected chi connectivity index (χ1v) is 5.11. The molecule has 3 N–H and O–H groups in total. The molecule has 1 aromatic rings. The number of nitrogens with two attached hydrogens (primary N) is 1. The molecule has 0 aromatic heterocycles. The molecule has 2 rings (SSSR count). The van der Waals surface area contributed by atoms with Crippen LogP contribution in [0.2, 0.25) is 0 Å². The number of carboxylic acids is 1. The van der Waals surface area contributed by atoms with Crippen LogP contribution in [0.15, 0.2) is 28.7 Å². The Morgan fingerprint density at radius 3 is 2.71 bits per heavy atom. The minimum atomic E-state index is -1.05.